The predicted molar refractivity (Wildman–Crippen MR) is 56.7 cm³/mol. The van der Waals surface area contributed by atoms with Crippen LogP contribution in [0.3, 0.4) is 0 Å². The first-order valence-electron chi connectivity index (χ1n) is 5.61. The molecule has 0 aromatic carbocycles. The molecule has 96 valence electrons. The summed E-state index contributed by atoms with van der Waals surface area (Å²) in [6.07, 6.45) is -4.44. The van der Waals surface area contributed by atoms with Crippen molar-refractivity contribution in [2.24, 2.45) is 0 Å². The van der Waals surface area contributed by atoms with Gasteiger partial charge in [0.2, 0.25) is 0 Å². The third-order valence-electron chi connectivity index (χ3n) is 3.10. The van der Waals surface area contributed by atoms with Crippen molar-refractivity contribution in [2.75, 3.05) is 19.7 Å². The minimum atomic E-state index is -1.20. The number of rotatable bonds is 4. The Morgan fingerprint density at radius 1 is 1.06 bits per heavy atom. The lowest BCUT2D eigenvalue weighted by molar-refractivity contribution is -0.271. The molecule has 1 aliphatic rings. The molecule has 6 heteroatoms. The van der Waals surface area contributed by atoms with Crippen LogP contribution in [0.1, 0.15) is 13.8 Å². The molecular weight excluding hydrogens is 214 g/mol. The minimum Gasteiger partial charge on any atom is -0.394 e. The van der Waals surface area contributed by atoms with Gasteiger partial charge in [-0.3, -0.25) is 4.90 Å². The molecule has 0 amide bonds. The van der Waals surface area contributed by atoms with Crippen molar-refractivity contribution in [1.29, 1.82) is 0 Å². The molecule has 6 nitrogen and oxygen atoms in total. The molecule has 0 bridgehead atoms. The molecule has 1 saturated heterocycles. The Kier molecular flexibility index (Phi) is 5.10. The van der Waals surface area contributed by atoms with Crippen LogP contribution in [-0.2, 0) is 4.74 Å². The van der Waals surface area contributed by atoms with Crippen LogP contribution in [0.5, 0.6) is 0 Å². The molecule has 4 N–H and O–H groups in total. The van der Waals surface area contributed by atoms with E-state index >= 15 is 0 Å². The molecule has 0 saturated carbocycles. The van der Waals surface area contributed by atoms with Crippen LogP contribution in [0.4, 0.5) is 0 Å². The highest BCUT2D eigenvalue weighted by Gasteiger charge is 2.45. The van der Waals surface area contributed by atoms with Crippen molar-refractivity contribution < 1.29 is 25.2 Å². The van der Waals surface area contributed by atoms with E-state index in [2.05, 4.69) is 0 Å². The summed E-state index contributed by atoms with van der Waals surface area (Å²) >= 11 is 0. The Labute approximate surface area is 95.1 Å². The van der Waals surface area contributed by atoms with Crippen LogP contribution >= 0.6 is 0 Å². The molecule has 1 fully saturated rings. The number of hydrogen-bond acceptors (Lipinski definition) is 6. The molecule has 0 unspecified atom stereocenters. The Morgan fingerprint density at radius 2 is 1.62 bits per heavy atom. The van der Waals surface area contributed by atoms with Gasteiger partial charge < -0.3 is 25.2 Å². The van der Waals surface area contributed by atoms with E-state index in [0.717, 1.165) is 0 Å². The van der Waals surface area contributed by atoms with Crippen LogP contribution in [0.2, 0.25) is 0 Å². The molecule has 0 aromatic heterocycles. The normalized spacial score (nSPS) is 40.3. The lowest BCUT2D eigenvalue weighted by Crippen LogP contribution is -2.64. The van der Waals surface area contributed by atoms with E-state index < -0.39 is 37.3 Å². The Morgan fingerprint density at radius 3 is 2.06 bits per heavy atom. The smallest absolute Gasteiger partial charge is 0.173 e. The van der Waals surface area contributed by atoms with Crippen molar-refractivity contribution in [3.05, 3.63) is 0 Å². The maximum atomic E-state index is 9.90. The topological polar surface area (TPSA) is 93.4 Å². The minimum absolute atomic E-state index is 0.430. The molecule has 16 heavy (non-hydrogen) atoms. The van der Waals surface area contributed by atoms with E-state index in [1.54, 1.807) is 0 Å². The first-order valence-corrected chi connectivity index (χ1v) is 5.61. The van der Waals surface area contributed by atoms with Gasteiger partial charge in [-0.15, -0.1) is 0 Å². The SMILES string of the molecule is CCN(CC)[C@H]1[C@H](O)[C@H](O)[C@H](CO)O[C@@H]1O. The summed E-state index contributed by atoms with van der Waals surface area (Å²) in [6.45, 7) is 4.63. The van der Waals surface area contributed by atoms with Gasteiger partial charge in [-0.05, 0) is 13.1 Å². The highest BCUT2D eigenvalue weighted by molar-refractivity contribution is 4.93. The van der Waals surface area contributed by atoms with Crippen molar-refractivity contribution in [1.82, 2.24) is 4.90 Å². The van der Waals surface area contributed by atoms with E-state index in [1.807, 2.05) is 18.7 Å². The van der Waals surface area contributed by atoms with Gasteiger partial charge in [0.15, 0.2) is 6.29 Å². The third kappa shape index (κ3) is 2.53. The highest BCUT2D eigenvalue weighted by Crippen LogP contribution is 2.23. The summed E-state index contributed by atoms with van der Waals surface area (Å²) in [5.41, 5.74) is 0. The molecule has 1 aliphatic heterocycles. The van der Waals surface area contributed by atoms with E-state index in [9.17, 15) is 15.3 Å². The van der Waals surface area contributed by atoms with Crippen molar-refractivity contribution >= 4 is 0 Å². The third-order valence-corrected chi connectivity index (χ3v) is 3.10. The zero-order valence-corrected chi connectivity index (χ0v) is 9.65. The molecule has 0 aliphatic carbocycles. The highest BCUT2D eigenvalue weighted by atomic mass is 16.6. The van der Waals surface area contributed by atoms with Gasteiger partial charge in [0.05, 0.1) is 12.6 Å². The van der Waals surface area contributed by atoms with Crippen LogP contribution < -0.4 is 0 Å². The summed E-state index contributed by atoms with van der Waals surface area (Å²) in [5, 5.41) is 38.3. The second-order valence-corrected chi connectivity index (χ2v) is 3.94. The van der Waals surface area contributed by atoms with E-state index in [0.29, 0.717) is 13.1 Å². The van der Waals surface area contributed by atoms with Gasteiger partial charge >= 0.3 is 0 Å². The quantitative estimate of drug-likeness (QED) is 0.456. The van der Waals surface area contributed by atoms with Crippen LogP contribution in [0.15, 0.2) is 0 Å². The van der Waals surface area contributed by atoms with Gasteiger partial charge in [0, 0.05) is 0 Å². The number of nitrogens with zero attached hydrogens (tertiary/aromatic N) is 1. The maximum Gasteiger partial charge on any atom is 0.173 e. The average Bonchev–Trinajstić information content (AvgIpc) is 2.29. The van der Waals surface area contributed by atoms with E-state index in [4.69, 9.17) is 9.84 Å². The molecule has 0 radical (unpaired) electrons. The summed E-state index contributed by atoms with van der Waals surface area (Å²) in [7, 11) is 0. The number of aliphatic hydroxyl groups excluding tert-OH is 4. The first kappa shape index (κ1) is 13.8. The summed E-state index contributed by atoms with van der Waals surface area (Å²) in [5.74, 6) is 0. The van der Waals surface area contributed by atoms with Gasteiger partial charge in [0.1, 0.15) is 18.3 Å². The predicted octanol–water partition coefficient (Wildman–Crippen LogP) is -1.87. The van der Waals surface area contributed by atoms with Gasteiger partial charge in [0.25, 0.3) is 0 Å². The molecule has 0 spiro atoms. The van der Waals surface area contributed by atoms with Crippen LogP contribution in [0, 0.1) is 0 Å². The largest absolute Gasteiger partial charge is 0.394 e. The lowest BCUT2D eigenvalue weighted by Gasteiger charge is -2.44. The number of ether oxygens (including phenoxy) is 1. The van der Waals surface area contributed by atoms with Gasteiger partial charge in [-0.2, -0.15) is 0 Å². The molecule has 0 aromatic rings. The first-order chi connectivity index (χ1) is 7.56. The zero-order chi connectivity index (χ0) is 12.3. The molecule has 1 rings (SSSR count). The second kappa shape index (κ2) is 5.90. The van der Waals surface area contributed by atoms with Crippen molar-refractivity contribution in [3.8, 4) is 0 Å². The van der Waals surface area contributed by atoms with E-state index in [1.165, 1.54) is 0 Å². The molecule has 1 heterocycles. The second-order valence-electron chi connectivity index (χ2n) is 3.94. The average molecular weight is 235 g/mol. The number of likely N-dealkylation sites (N-methyl/N-ethyl adjacent to an activating group) is 1. The fraction of sp³-hybridized carbons (Fsp3) is 1.00. The Hall–Kier alpha value is -0.240. The summed E-state index contributed by atoms with van der Waals surface area (Å²) in [6, 6.07) is -0.659. The van der Waals surface area contributed by atoms with E-state index in [-0.39, 0.29) is 0 Å². The summed E-state index contributed by atoms with van der Waals surface area (Å²) in [4.78, 5) is 1.81. The number of aliphatic hydroxyl groups is 4. The fourth-order valence-corrected chi connectivity index (χ4v) is 2.12. The summed E-state index contributed by atoms with van der Waals surface area (Å²) < 4.78 is 5.07. The monoisotopic (exact) mass is 235 g/mol. The van der Waals surface area contributed by atoms with Crippen molar-refractivity contribution in [3.63, 3.8) is 0 Å². The van der Waals surface area contributed by atoms with Crippen LogP contribution in [0.25, 0.3) is 0 Å². The standard InChI is InChI=1S/C10H21NO5/c1-3-11(4-2)7-9(14)8(13)6(5-12)16-10(7)15/h6-10,12-15H,3-5H2,1-2H3/t6-,7-,8+,9-,10-/m0/s1. The molecule has 5 atom stereocenters. The van der Waals surface area contributed by atoms with Crippen LogP contribution in [-0.4, -0.2) is 75.7 Å². The Balaban J connectivity index is 2.78. The maximum absolute atomic E-state index is 9.90. The van der Waals surface area contributed by atoms with Crippen molar-refractivity contribution in [2.45, 2.75) is 44.5 Å². The Bertz CT molecular complexity index is 211. The lowest BCUT2D eigenvalue weighted by atomic mass is 9.96. The fourth-order valence-electron chi connectivity index (χ4n) is 2.12. The number of hydrogen-bond donors (Lipinski definition) is 4. The molecular formula is C10H21NO5. The van der Waals surface area contributed by atoms with Gasteiger partial charge in [-0.1, -0.05) is 13.8 Å². The van der Waals surface area contributed by atoms with Gasteiger partial charge in [-0.25, -0.2) is 0 Å². The zero-order valence-electron chi connectivity index (χ0n) is 9.65.